The summed E-state index contributed by atoms with van der Waals surface area (Å²) in [6, 6.07) is 97.0. The fraction of sp³-hybridized carbons (Fsp3) is 0.0357. The second kappa shape index (κ2) is 30.6. The molecule has 0 aliphatic rings. The van der Waals surface area contributed by atoms with Gasteiger partial charge in [0.2, 0.25) is 0 Å². The van der Waals surface area contributed by atoms with Crippen LogP contribution in [0.5, 0.6) is 0 Å². The first-order valence-electron chi connectivity index (χ1n) is 20.2. The van der Waals surface area contributed by atoms with Crippen molar-refractivity contribution < 1.29 is 30.2 Å². The quantitative estimate of drug-likeness (QED) is 0.112. The Bertz CT molecular complexity index is 1880. The van der Waals surface area contributed by atoms with Crippen LogP contribution < -0.4 is 47.7 Å². The Kier molecular flexibility index (Phi) is 24.5. The Labute approximate surface area is 386 Å². The SMILES string of the molecule is CO.CO.[F][Cu].c1ccc(P(c2ccccc2)c2ccccc2)cc1.c1ccc(P(c2ccccc2)c2ccccc2)cc1.c1ccc(P(c2ccccc2)c2ccccc2)cc1. The smallest absolute Gasteiger partial charge is 0.0134 e. The van der Waals surface area contributed by atoms with Crippen molar-refractivity contribution in [1.82, 2.24) is 0 Å². The van der Waals surface area contributed by atoms with Crippen LogP contribution in [-0.4, -0.2) is 24.4 Å². The van der Waals surface area contributed by atoms with Gasteiger partial charge in [0.15, 0.2) is 0 Å². The molecule has 0 spiro atoms. The van der Waals surface area contributed by atoms with Gasteiger partial charge in [0, 0.05) is 14.2 Å². The van der Waals surface area contributed by atoms with Crippen LogP contribution in [0, 0.1) is 0 Å². The molecular weight excluding hydrogens is 880 g/mol. The Morgan fingerprint density at radius 1 is 0.206 bits per heavy atom. The van der Waals surface area contributed by atoms with Crippen molar-refractivity contribution in [3.8, 4) is 0 Å². The summed E-state index contributed by atoms with van der Waals surface area (Å²) >= 11 is 2.69. The first-order valence-corrected chi connectivity index (χ1v) is 24.6. The predicted molar refractivity (Wildman–Crippen MR) is 273 cm³/mol. The average Bonchev–Trinajstić information content (AvgIpc) is 3.39. The van der Waals surface area contributed by atoms with Crippen molar-refractivity contribution in [2.45, 2.75) is 0 Å². The van der Waals surface area contributed by atoms with Crippen molar-refractivity contribution in [3.05, 3.63) is 273 Å². The van der Waals surface area contributed by atoms with Crippen LogP contribution in [0.3, 0.4) is 0 Å². The Hall–Kier alpha value is -5.36. The summed E-state index contributed by atoms with van der Waals surface area (Å²) in [5.74, 6) is 0. The number of rotatable bonds is 9. The monoisotopic (exact) mass is 932 g/mol. The molecule has 0 heterocycles. The van der Waals surface area contributed by atoms with Gasteiger partial charge in [-0.05, 0) is 71.5 Å². The molecule has 2 N–H and O–H groups in total. The summed E-state index contributed by atoms with van der Waals surface area (Å²) < 4.78 is 9.06. The third-order valence-electron chi connectivity index (χ3n) is 9.13. The number of aliphatic hydroxyl groups is 2. The van der Waals surface area contributed by atoms with Gasteiger partial charge >= 0.3 is 20.0 Å². The molecule has 63 heavy (non-hydrogen) atoms. The maximum absolute atomic E-state index is 9.06. The van der Waals surface area contributed by atoms with E-state index in [2.05, 4.69) is 289 Å². The normalized spacial score (nSPS) is 9.87. The molecule has 7 heteroatoms. The molecule has 0 atom stereocenters. The van der Waals surface area contributed by atoms with Crippen LogP contribution in [0.1, 0.15) is 0 Å². The van der Waals surface area contributed by atoms with Crippen molar-refractivity contribution in [2.24, 2.45) is 0 Å². The molecule has 9 aromatic carbocycles. The summed E-state index contributed by atoms with van der Waals surface area (Å²) in [7, 11) is 0.662. The van der Waals surface area contributed by atoms with Crippen LogP contribution in [-0.2, 0) is 16.5 Å². The van der Waals surface area contributed by atoms with E-state index in [9.17, 15) is 0 Å². The van der Waals surface area contributed by atoms with E-state index in [0.717, 1.165) is 14.2 Å². The Balaban J connectivity index is 0.000000195. The van der Waals surface area contributed by atoms with Gasteiger partial charge in [-0.15, -0.1) is 0 Å². The van der Waals surface area contributed by atoms with E-state index in [1.807, 2.05) is 0 Å². The summed E-state index contributed by atoms with van der Waals surface area (Å²) in [6.07, 6.45) is 0. The number of hydrogen-bond donors (Lipinski definition) is 2. The Morgan fingerprint density at radius 3 is 0.365 bits per heavy atom. The van der Waals surface area contributed by atoms with Gasteiger partial charge in [0.25, 0.3) is 0 Å². The molecule has 0 radical (unpaired) electrons. The summed E-state index contributed by atoms with van der Waals surface area (Å²) in [5.41, 5.74) is 0. The zero-order valence-electron chi connectivity index (χ0n) is 35.4. The molecule has 322 valence electrons. The van der Waals surface area contributed by atoms with E-state index in [1.165, 1.54) is 47.7 Å². The molecule has 0 unspecified atom stereocenters. The molecule has 0 bridgehead atoms. The zero-order valence-corrected chi connectivity index (χ0v) is 39.0. The van der Waals surface area contributed by atoms with Crippen molar-refractivity contribution >= 4 is 71.5 Å². The third-order valence-corrected chi connectivity index (χ3v) is 16.5. The molecule has 0 fully saturated rings. The van der Waals surface area contributed by atoms with Crippen LogP contribution in [0.4, 0.5) is 3.55 Å². The van der Waals surface area contributed by atoms with Gasteiger partial charge in [-0.3, -0.25) is 0 Å². The van der Waals surface area contributed by atoms with E-state index >= 15 is 0 Å². The molecule has 9 rings (SSSR count). The molecule has 0 aliphatic carbocycles. The first-order chi connectivity index (χ1) is 31.3. The minimum atomic E-state index is -0.446. The van der Waals surface area contributed by atoms with E-state index in [4.69, 9.17) is 13.8 Å². The van der Waals surface area contributed by atoms with Crippen molar-refractivity contribution in [1.29, 1.82) is 0 Å². The average molecular weight is 934 g/mol. The maximum atomic E-state index is 9.06. The summed E-state index contributed by atoms with van der Waals surface area (Å²) in [5, 5.41) is 26.6. The fourth-order valence-electron chi connectivity index (χ4n) is 6.54. The van der Waals surface area contributed by atoms with E-state index in [1.54, 1.807) is 0 Å². The molecule has 0 saturated heterocycles. The van der Waals surface area contributed by atoms with E-state index in [0.29, 0.717) is 0 Å². The second-order valence-electron chi connectivity index (χ2n) is 13.0. The minimum absolute atomic E-state index is 0.446. The summed E-state index contributed by atoms with van der Waals surface area (Å²) in [6.45, 7) is 0. The topological polar surface area (TPSA) is 40.5 Å². The van der Waals surface area contributed by atoms with Gasteiger partial charge in [-0.2, -0.15) is 0 Å². The minimum Gasteiger partial charge on any atom is -0.0622 e. The van der Waals surface area contributed by atoms with Gasteiger partial charge in [-0.25, -0.2) is 0 Å². The predicted octanol–water partition coefficient (Wildman–Crippen LogP) is 9.97. The molecule has 9 aromatic rings. The summed E-state index contributed by atoms with van der Waals surface area (Å²) in [4.78, 5) is 0. The van der Waals surface area contributed by atoms with Crippen LogP contribution in [0.2, 0.25) is 0 Å². The number of halogens is 1. The number of hydrogen-bond acceptors (Lipinski definition) is 2. The van der Waals surface area contributed by atoms with Gasteiger partial charge < -0.3 is 10.2 Å². The molecule has 2 nitrogen and oxygen atoms in total. The van der Waals surface area contributed by atoms with Gasteiger partial charge in [0.1, 0.15) is 0 Å². The molecule has 0 saturated carbocycles. The van der Waals surface area contributed by atoms with Gasteiger partial charge in [0.05, 0.1) is 0 Å². The Morgan fingerprint density at radius 2 is 0.286 bits per heavy atom. The van der Waals surface area contributed by atoms with E-state index in [-0.39, 0.29) is 0 Å². The van der Waals surface area contributed by atoms with Crippen LogP contribution >= 0.6 is 23.8 Å². The van der Waals surface area contributed by atoms with Crippen molar-refractivity contribution in [2.75, 3.05) is 14.2 Å². The fourth-order valence-corrected chi connectivity index (χ4v) is 13.5. The van der Waals surface area contributed by atoms with E-state index < -0.39 is 23.8 Å². The largest absolute Gasteiger partial charge is 0.0622 e. The van der Waals surface area contributed by atoms with Crippen molar-refractivity contribution in [3.63, 3.8) is 0 Å². The standard InChI is InChI=1S/3C18H15P.2CH4O.Cu.FH/c3*1-4-10-16(11-5-1)19(17-12-6-2-7-13-17)18-14-8-3-9-15-18;2*1-2;;/h3*1-15H;2*2H,1H3;;1H/q;;;;;+1;/p-1. The van der Waals surface area contributed by atoms with Gasteiger partial charge in [-0.1, -0.05) is 273 Å². The molecule has 0 aliphatic heterocycles. The molecule has 0 amide bonds. The molecular formula is C56H53CuFO2P3. The number of aliphatic hydroxyl groups excluding tert-OH is 2. The van der Waals surface area contributed by atoms with Crippen LogP contribution in [0.25, 0.3) is 0 Å². The maximum Gasteiger partial charge on any atom is -0.0134 e. The first kappa shape index (κ1) is 50.3. The zero-order chi connectivity index (χ0) is 44.7. The third kappa shape index (κ3) is 16.1. The van der Waals surface area contributed by atoms with Crippen LogP contribution in [0.15, 0.2) is 273 Å². The molecule has 0 aromatic heterocycles. The second-order valence-corrected chi connectivity index (χ2v) is 19.7. The number of benzene rings is 9.